The molecule has 0 spiro atoms. The van der Waals surface area contributed by atoms with Crippen LogP contribution in [0.4, 0.5) is 10.1 Å². The van der Waals surface area contributed by atoms with Crippen LogP contribution in [-0.4, -0.2) is 23.1 Å². The summed E-state index contributed by atoms with van der Waals surface area (Å²) in [5.41, 5.74) is 1.69. The number of anilines is 1. The molecule has 1 atom stereocenters. The zero-order chi connectivity index (χ0) is 17.0. The largest absolute Gasteiger partial charge is 0.452 e. The summed E-state index contributed by atoms with van der Waals surface area (Å²) in [5, 5.41) is 6.30. The summed E-state index contributed by atoms with van der Waals surface area (Å²) in [6, 6.07) is 5.30. The first-order chi connectivity index (χ1) is 10.9. The Balaban J connectivity index is 1.90. The number of rotatable bonds is 5. The number of esters is 1. The second kappa shape index (κ2) is 7.04. The van der Waals surface area contributed by atoms with Gasteiger partial charge in [0.2, 0.25) is 0 Å². The molecule has 0 aliphatic heterocycles. The van der Waals surface area contributed by atoms with Crippen LogP contribution in [-0.2, 0) is 20.7 Å². The smallest absolute Gasteiger partial charge is 0.311 e. The molecule has 6 nitrogen and oxygen atoms in total. The lowest BCUT2D eigenvalue weighted by atomic mass is 10.1. The number of ether oxygens (including phenoxy) is 1. The number of aryl methyl sites for hydroxylation is 2. The number of carbonyl (C=O) groups excluding carboxylic acids is 2. The van der Waals surface area contributed by atoms with E-state index in [9.17, 15) is 14.0 Å². The van der Waals surface area contributed by atoms with E-state index in [1.807, 2.05) is 0 Å². The molecule has 122 valence electrons. The maximum Gasteiger partial charge on any atom is 0.311 e. The molecule has 0 radical (unpaired) electrons. The molecule has 1 aromatic heterocycles. The Morgan fingerprint density at radius 1 is 1.30 bits per heavy atom. The summed E-state index contributed by atoms with van der Waals surface area (Å²) in [4.78, 5) is 23.9. The summed E-state index contributed by atoms with van der Waals surface area (Å²) in [6.45, 7) is 4.89. The van der Waals surface area contributed by atoms with Crippen molar-refractivity contribution < 1.29 is 23.2 Å². The van der Waals surface area contributed by atoms with E-state index in [1.165, 1.54) is 31.2 Å². The van der Waals surface area contributed by atoms with E-state index in [2.05, 4.69) is 10.5 Å². The lowest BCUT2D eigenvalue weighted by Crippen LogP contribution is -2.30. The summed E-state index contributed by atoms with van der Waals surface area (Å²) in [7, 11) is 0. The molecule has 1 N–H and O–H groups in total. The van der Waals surface area contributed by atoms with E-state index in [0.29, 0.717) is 22.7 Å². The summed E-state index contributed by atoms with van der Waals surface area (Å²) in [6.07, 6.45) is -0.997. The standard InChI is InChI=1S/C16H17FN2O4/c1-9-14(10(2)23-19-9)8-15(20)22-11(3)16(21)18-13-6-4-12(17)5-7-13/h4-7,11H,8H2,1-3H3,(H,18,21). The molecule has 1 amide bonds. The maximum absolute atomic E-state index is 12.8. The minimum Gasteiger partial charge on any atom is -0.452 e. The molecule has 0 bridgehead atoms. The SMILES string of the molecule is Cc1noc(C)c1CC(=O)OC(C)C(=O)Nc1ccc(F)cc1. The van der Waals surface area contributed by atoms with E-state index in [1.54, 1.807) is 13.8 Å². The molecule has 0 saturated carbocycles. The minimum absolute atomic E-state index is 0.0185. The molecule has 0 aliphatic carbocycles. The second-order valence-electron chi connectivity index (χ2n) is 5.11. The van der Waals surface area contributed by atoms with Gasteiger partial charge in [-0.1, -0.05) is 5.16 Å². The highest BCUT2D eigenvalue weighted by Gasteiger charge is 2.20. The van der Waals surface area contributed by atoms with Gasteiger partial charge in [-0.15, -0.1) is 0 Å². The number of carbonyl (C=O) groups is 2. The van der Waals surface area contributed by atoms with Crippen molar-refractivity contribution in [2.45, 2.75) is 33.3 Å². The van der Waals surface area contributed by atoms with Gasteiger partial charge in [0.1, 0.15) is 11.6 Å². The van der Waals surface area contributed by atoms with Crippen LogP contribution in [0.25, 0.3) is 0 Å². The fraction of sp³-hybridized carbons (Fsp3) is 0.312. The highest BCUT2D eigenvalue weighted by atomic mass is 19.1. The second-order valence-corrected chi connectivity index (χ2v) is 5.11. The van der Waals surface area contributed by atoms with E-state index in [0.717, 1.165) is 0 Å². The van der Waals surface area contributed by atoms with Gasteiger partial charge in [0.05, 0.1) is 12.1 Å². The number of nitrogens with one attached hydrogen (secondary N) is 1. The van der Waals surface area contributed by atoms with Crippen molar-refractivity contribution in [3.05, 3.63) is 47.1 Å². The Morgan fingerprint density at radius 3 is 2.52 bits per heavy atom. The monoisotopic (exact) mass is 320 g/mol. The van der Waals surface area contributed by atoms with Gasteiger partial charge in [0.25, 0.3) is 5.91 Å². The van der Waals surface area contributed by atoms with E-state index >= 15 is 0 Å². The predicted octanol–water partition coefficient (Wildman–Crippen LogP) is 2.54. The van der Waals surface area contributed by atoms with Crippen LogP contribution in [0.5, 0.6) is 0 Å². The molecule has 0 fully saturated rings. The van der Waals surface area contributed by atoms with Crippen molar-refractivity contribution >= 4 is 17.6 Å². The fourth-order valence-electron chi connectivity index (χ4n) is 1.97. The van der Waals surface area contributed by atoms with Crippen LogP contribution in [0.3, 0.4) is 0 Å². The number of aromatic nitrogens is 1. The van der Waals surface area contributed by atoms with Crippen LogP contribution in [0.2, 0.25) is 0 Å². The molecular formula is C16H17FN2O4. The van der Waals surface area contributed by atoms with Gasteiger partial charge in [0.15, 0.2) is 6.10 Å². The number of nitrogens with zero attached hydrogens (tertiary/aromatic N) is 1. The van der Waals surface area contributed by atoms with Crippen molar-refractivity contribution in [1.82, 2.24) is 5.16 Å². The lowest BCUT2D eigenvalue weighted by Gasteiger charge is -2.13. The molecule has 2 aromatic rings. The number of hydrogen-bond acceptors (Lipinski definition) is 5. The maximum atomic E-state index is 12.8. The van der Waals surface area contributed by atoms with E-state index in [-0.39, 0.29) is 6.42 Å². The van der Waals surface area contributed by atoms with Crippen LogP contribution < -0.4 is 5.32 Å². The van der Waals surface area contributed by atoms with Gasteiger partial charge in [-0.25, -0.2) is 4.39 Å². The Kier molecular flexibility index (Phi) is 5.10. The van der Waals surface area contributed by atoms with Crippen molar-refractivity contribution in [3.8, 4) is 0 Å². The van der Waals surface area contributed by atoms with Crippen molar-refractivity contribution in [1.29, 1.82) is 0 Å². The third kappa shape index (κ3) is 4.38. The van der Waals surface area contributed by atoms with E-state index in [4.69, 9.17) is 9.26 Å². The highest BCUT2D eigenvalue weighted by molar-refractivity contribution is 5.95. The number of hydrogen-bond donors (Lipinski definition) is 1. The third-order valence-electron chi connectivity index (χ3n) is 3.29. The zero-order valence-corrected chi connectivity index (χ0v) is 13.1. The Bertz CT molecular complexity index is 690. The molecular weight excluding hydrogens is 303 g/mol. The molecule has 1 heterocycles. The first-order valence-corrected chi connectivity index (χ1v) is 7.04. The van der Waals surface area contributed by atoms with Crippen LogP contribution in [0, 0.1) is 19.7 Å². The van der Waals surface area contributed by atoms with Gasteiger partial charge in [0, 0.05) is 11.3 Å². The van der Waals surface area contributed by atoms with Crippen LogP contribution in [0.15, 0.2) is 28.8 Å². The van der Waals surface area contributed by atoms with Crippen molar-refractivity contribution in [2.24, 2.45) is 0 Å². The molecule has 2 rings (SSSR count). The molecule has 0 saturated heterocycles. The fourth-order valence-corrected chi connectivity index (χ4v) is 1.97. The number of halogens is 1. The third-order valence-corrected chi connectivity index (χ3v) is 3.29. The molecule has 1 aromatic carbocycles. The molecule has 23 heavy (non-hydrogen) atoms. The molecule has 1 unspecified atom stereocenters. The topological polar surface area (TPSA) is 81.4 Å². The Labute approximate surface area is 132 Å². The zero-order valence-electron chi connectivity index (χ0n) is 13.1. The average Bonchev–Trinajstić information content (AvgIpc) is 2.81. The van der Waals surface area contributed by atoms with Gasteiger partial charge < -0.3 is 14.6 Å². The quantitative estimate of drug-likeness (QED) is 0.856. The van der Waals surface area contributed by atoms with Gasteiger partial charge in [-0.2, -0.15) is 0 Å². The first kappa shape index (κ1) is 16.7. The molecule has 7 heteroatoms. The van der Waals surface area contributed by atoms with Crippen LogP contribution >= 0.6 is 0 Å². The number of benzene rings is 1. The predicted molar refractivity (Wildman–Crippen MR) is 80.3 cm³/mol. The minimum atomic E-state index is -0.979. The molecule has 0 aliphatic rings. The van der Waals surface area contributed by atoms with Gasteiger partial charge in [-0.3, -0.25) is 9.59 Å². The van der Waals surface area contributed by atoms with Crippen LogP contribution in [0.1, 0.15) is 23.9 Å². The summed E-state index contributed by atoms with van der Waals surface area (Å²) in [5.74, 6) is -0.908. The highest BCUT2D eigenvalue weighted by Crippen LogP contribution is 2.14. The summed E-state index contributed by atoms with van der Waals surface area (Å²) >= 11 is 0. The summed E-state index contributed by atoms with van der Waals surface area (Å²) < 4.78 is 22.9. The van der Waals surface area contributed by atoms with Crippen molar-refractivity contribution in [3.63, 3.8) is 0 Å². The van der Waals surface area contributed by atoms with Gasteiger partial charge in [-0.05, 0) is 45.0 Å². The normalized spacial score (nSPS) is 11.8. The first-order valence-electron chi connectivity index (χ1n) is 7.04. The Morgan fingerprint density at radius 2 is 1.96 bits per heavy atom. The number of amides is 1. The van der Waals surface area contributed by atoms with Gasteiger partial charge >= 0.3 is 5.97 Å². The Hall–Kier alpha value is -2.70. The average molecular weight is 320 g/mol. The van der Waals surface area contributed by atoms with E-state index < -0.39 is 23.8 Å². The van der Waals surface area contributed by atoms with Crippen molar-refractivity contribution in [2.75, 3.05) is 5.32 Å². The lowest BCUT2D eigenvalue weighted by molar-refractivity contribution is -0.152.